The van der Waals surface area contributed by atoms with Crippen LogP contribution < -0.4 is 11.1 Å². The first-order valence-corrected chi connectivity index (χ1v) is 6.55. The summed E-state index contributed by atoms with van der Waals surface area (Å²) in [5.74, 6) is -1.63. The molecule has 0 aliphatic heterocycles. The molecule has 0 saturated carbocycles. The zero-order chi connectivity index (χ0) is 15.4. The minimum absolute atomic E-state index is 0.0197. The van der Waals surface area contributed by atoms with E-state index >= 15 is 0 Å². The van der Waals surface area contributed by atoms with Gasteiger partial charge in [0.15, 0.2) is 0 Å². The molecule has 0 saturated heterocycles. The van der Waals surface area contributed by atoms with E-state index < -0.39 is 23.6 Å². The van der Waals surface area contributed by atoms with E-state index in [1.807, 2.05) is 0 Å². The molecule has 0 heterocycles. The molecular weight excluding hydrogens is 274 g/mol. The zero-order valence-corrected chi connectivity index (χ0v) is 11.6. The number of amides is 1. The number of hydrogen-bond acceptors (Lipinski definition) is 2. The Morgan fingerprint density at radius 2 is 1.71 bits per heavy atom. The fourth-order valence-electron chi connectivity index (χ4n) is 2.08. The van der Waals surface area contributed by atoms with E-state index in [-0.39, 0.29) is 5.56 Å². The van der Waals surface area contributed by atoms with Gasteiger partial charge in [0.2, 0.25) is 5.91 Å². The van der Waals surface area contributed by atoms with Crippen molar-refractivity contribution in [1.82, 2.24) is 5.32 Å². The Balaban J connectivity index is 2.04. The maximum absolute atomic E-state index is 13.6. The highest BCUT2D eigenvalue weighted by Crippen LogP contribution is 2.20. The van der Waals surface area contributed by atoms with Crippen molar-refractivity contribution >= 4 is 5.91 Å². The van der Waals surface area contributed by atoms with E-state index in [1.165, 1.54) is 18.2 Å². The van der Waals surface area contributed by atoms with Gasteiger partial charge in [-0.15, -0.1) is 0 Å². The van der Waals surface area contributed by atoms with E-state index in [9.17, 15) is 13.6 Å². The van der Waals surface area contributed by atoms with Crippen LogP contribution in [-0.2, 0) is 6.54 Å². The summed E-state index contributed by atoms with van der Waals surface area (Å²) in [6.07, 6.45) is 0. The standard InChI is InChI=1S/C16H16F2N2O/c1-10(15-13(17)3-2-4-14(15)18)20-9-11-5-7-12(8-6-11)16(19)21/h2-8,10,20H,9H2,1H3,(H2,19,21). The highest BCUT2D eigenvalue weighted by atomic mass is 19.1. The molecule has 21 heavy (non-hydrogen) atoms. The van der Waals surface area contributed by atoms with Crippen molar-refractivity contribution in [2.75, 3.05) is 0 Å². The summed E-state index contributed by atoms with van der Waals surface area (Å²) >= 11 is 0. The predicted molar refractivity (Wildman–Crippen MR) is 76.6 cm³/mol. The normalized spacial score (nSPS) is 12.1. The topological polar surface area (TPSA) is 55.1 Å². The summed E-state index contributed by atoms with van der Waals surface area (Å²) in [6, 6.07) is 10.1. The number of rotatable bonds is 5. The van der Waals surface area contributed by atoms with Gasteiger partial charge >= 0.3 is 0 Å². The third kappa shape index (κ3) is 3.64. The van der Waals surface area contributed by atoms with E-state index in [0.717, 1.165) is 5.56 Å². The minimum atomic E-state index is -0.570. The molecule has 5 heteroatoms. The lowest BCUT2D eigenvalue weighted by Crippen LogP contribution is -2.20. The van der Waals surface area contributed by atoms with Crippen LogP contribution in [0.3, 0.4) is 0 Å². The number of benzene rings is 2. The first kappa shape index (κ1) is 15.1. The summed E-state index contributed by atoms with van der Waals surface area (Å²) in [5, 5.41) is 3.05. The smallest absolute Gasteiger partial charge is 0.248 e. The molecule has 0 spiro atoms. The number of halogens is 2. The summed E-state index contributed by atoms with van der Waals surface area (Å²) in [7, 11) is 0. The van der Waals surface area contributed by atoms with Gasteiger partial charge in [-0.2, -0.15) is 0 Å². The molecule has 1 amide bonds. The number of carbonyl (C=O) groups is 1. The third-order valence-electron chi connectivity index (χ3n) is 3.28. The van der Waals surface area contributed by atoms with Gasteiger partial charge < -0.3 is 11.1 Å². The number of nitrogens with two attached hydrogens (primary N) is 1. The molecule has 0 aliphatic rings. The molecule has 1 unspecified atom stereocenters. The van der Waals surface area contributed by atoms with Crippen LogP contribution in [0.25, 0.3) is 0 Å². The molecule has 2 aromatic carbocycles. The second-order valence-corrected chi connectivity index (χ2v) is 4.80. The Morgan fingerprint density at radius 1 is 1.14 bits per heavy atom. The van der Waals surface area contributed by atoms with Gasteiger partial charge in [0.25, 0.3) is 0 Å². The van der Waals surface area contributed by atoms with Crippen molar-refractivity contribution < 1.29 is 13.6 Å². The van der Waals surface area contributed by atoms with Gasteiger partial charge in [0.1, 0.15) is 11.6 Å². The molecule has 0 bridgehead atoms. The fraction of sp³-hybridized carbons (Fsp3) is 0.188. The van der Waals surface area contributed by atoms with Crippen LogP contribution in [0.2, 0.25) is 0 Å². The van der Waals surface area contributed by atoms with Gasteiger partial charge in [-0.1, -0.05) is 18.2 Å². The number of carbonyl (C=O) groups excluding carboxylic acids is 1. The van der Waals surface area contributed by atoms with Crippen LogP contribution in [0, 0.1) is 11.6 Å². The second kappa shape index (κ2) is 6.45. The lowest BCUT2D eigenvalue weighted by molar-refractivity contribution is 0.100. The average molecular weight is 290 g/mol. The SMILES string of the molecule is CC(NCc1ccc(C(N)=O)cc1)c1c(F)cccc1F. The molecule has 0 aromatic heterocycles. The molecule has 0 fully saturated rings. The van der Waals surface area contributed by atoms with Gasteiger partial charge in [-0.3, -0.25) is 4.79 Å². The number of hydrogen-bond donors (Lipinski definition) is 2. The van der Waals surface area contributed by atoms with E-state index in [0.29, 0.717) is 12.1 Å². The van der Waals surface area contributed by atoms with Crippen LogP contribution in [-0.4, -0.2) is 5.91 Å². The third-order valence-corrected chi connectivity index (χ3v) is 3.28. The van der Waals surface area contributed by atoms with E-state index in [1.54, 1.807) is 31.2 Å². The number of nitrogens with one attached hydrogen (secondary N) is 1. The van der Waals surface area contributed by atoms with E-state index in [4.69, 9.17) is 5.73 Å². The van der Waals surface area contributed by atoms with Crippen LogP contribution in [0.4, 0.5) is 8.78 Å². The summed E-state index contributed by atoms with van der Waals surface area (Å²) in [5.41, 5.74) is 6.49. The maximum Gasteiger partial charge on any atom is 0.248 e. The van der Waals surface area contributed by atoms with Crippen molar-refractivity contribution in [2.24, 2.45) is 5.73 Å². The van der Waals surface area contributed by atoms with Crippen molar-refractivity contribution in [1.29, 1.82) is 0 Å². The fourth-order valence-corrected chi connectivity index (χ4v) is 2.08. The van der Waals surface area contributed by atoms with Crippen molar-refractivity contribution in [3.05, 3.63) is 70.8 Å². The first-order valence-electron chi connectivity index (χ1n) is 6.55. The predicted octanol–water partition coefficient (Wildman–Crippen LogP) is 2.91. The van der Waals surface area contributed by atoms with Crippen LogP contribution in [0.1, 0.15) is 34.5 Å². The molecule has 0 aliphatic carbocycles. The van der Waals surface area contributed by atoms with Crippen LogP contribution in [0.5, 0.6) is 0 Å². The van der Waals surface area contributed by atoms with Gasteiger partial charge in [-0.25, -0.2) is 8.78 Å². The molecule has 2 rings (SSSR count). The molecule has 1 atom stereocenters. The molecule has 3 N–H and O–H groups in total. The quantitative estimate of drug-likeness (QED) is 0.889. The maximum atomic E-state index is 13.6. The van der Waals surface area contributed by atoms with E-state index in [2.05, 4.69) is 5.32 Å². The molecule has 3 nitrogen and oxygen atoms in total. The monoisotopic (exact) mass is 290 g/mol. The molecule has 110 valence electrons. The highest BCUT2D eigenvalue weighted by Gasteiger charge is 2.15. The summed E-state index contributed by atoms with van der Waals surface area (Å²) in [4.78, 5) is 11.0. The Bertz CT molecular complexity index is 621. The van der Waals surface area contributed by atoms with Gasteiger partial charge in [0, 0.05) is 23.7 Å². The minimum Gasteiger partial charge on any atom is -0.366 e. The Kier molecular flexibility index (Phi) is 4.65. The largest absolute Gasteiger partial charge is 0.366 e. The van der Waals surface area contributed by atoms with Gasteiger partial charge in [0.05, 0.1) is 0 Å². The Hall–Kier alpha value is -2.27. The molecular formula is C16H16F2N2O. The van der Waals surface area contributed by atoms with Crippen molar-refractivity contribution in [3.8, 4) is 0 Å². The second-order valence-electron chi connectivity index (χ2n) is 4.80. The zero-order valence-electron chi connectivity index (χ0n) is 11.6. The van der Waals surface area contributed by atoms with Crippen LogP contribution in [0.15, 0.2) is 42.5 Å². The summed E-state index contributed by atoms with van der Waals surface area (Å²) in [6.45, 7) is 2.12. The van der Waals surface area contributed by atoms with Crippen molar-refractivity contribution in [3.63, 3.8) is 0 Å². The lowest BCUT2D eigenvalue weighted by atomic mass is 10.1. The highest BCUT2D eigenvalue weighted by molar-refractivity contribution is 5.92. The number of primary amides is 1. The Labute approximate surface area is 121 Å². The van der Waals surface area contributed by atoms with Gasteiger partial charge in [-0.05, 0) is 36.8 Å². The molecule has 2 aromatic rings. The summed E-state index contributed by atoms with van der Waals surface area (Å²) < 4.78 is 27.3. The van der Waals surface area contributed by atoms with Crippen molar-refractivity contribution in [2.45, 2.75) is 19.5 Å². The average Bonchev–Trinajstić information content (AvgIpc) is 2.45. The van der Waals surface area contributed by atoms with Crippen LogP contribution >= 0.6 is 0 Å². The first-order chi connectivity index (χ1) is 9.99. The lowest BCUT2D eigenvalue weighted by Gasteiger charge is -2.16. The molecule has 0 radical (unpaired) electrons. The Morgan fingerprint density at radius 3 is 2.24 bits per heavy atom.